The van der Waals surface area contributed by atoms with Crippen molar-refractivity contribution < 1.29 is 22.7 Å². The molecule has 0 spiro atoms. The lowest BCUT2D eigenvalue weighted by atomic mass is 10.2. The van der Waals surface area contributed by atoms with Crippen molar-refractivity contribution in [2.24, 2.45) is 0 Å². The Morgan fingerprint density at radius 2 is 1.83 bits per heavy atom. The van der Waals surface area contributed by atoms with Crippen LogP contribution in [0.15, 0.2) is 24.3 Å². The Morgan fingerprint density at radius 3 is 2.35 bits per heavy atom. The van der Waals surface area contributed by atoms with Gasteiger partial charge in [-0.25, -0.2) is 13.2 Å². The van der Waals surface area contributed by atoms with Gasteiger partial charge in [0.15, 0.2) is 0 Å². The maximum atomic E-state index is 11.8. The molecule has 0 bridgehead atoms. The molecule has 1 aromatic carbocycles. The van der Waals surface area contributed by atoms with Gasteiger partial charge in [0.1, 0.15) is 0 Å². The van der Waals surface area contributed by atoms with Gasteiger partial charge in [-0.2, -0.15) is 4.31 Å². The fourth-order valence-corrected chi connectivity index (χ4v) is 1.95. The third kappa shape index (κ3) is 6.79. The van der Waals surface area contributed by atoms with Gasteiger partial charge in [0.25, 0.3) is 0 Å². The topological polar surface area (TPSA) is 92.8 Å². The van der Waals surface area contributed by atoms with Crippen LogP contribution in [0.25, 0.3) is 0 Å². The highest BCUT2D eigenvalue weighted by Crippen LogP contribution is 2.11. The Balaban J connectivity index is 2.57. The Morgan fingerprint density at radius 1 is 1.22 bits per heavy atom. The van der Waals surface area contributed by atoms with Crippen molar-refractivity contribution in [3.05, 3.63) is 29.8 Å². The van der Waals surface area contributed by atoms with Gasteiger partial charge >= 0.3 is 5.97 Å². The number of carbonyl (C=O) groups excluding carboxylic acids is 2. The number of nitrogens with one attached hydrogen (secondary N) is 1. The standard InChI is InChI=1S/C15H22N2O5S/c1-4-5-10-22-15(19)12-6-8-13(9-7-12)16-14(18)11-17(2)23(3,20)21/h6-9H,4-5,10-11H2,1-3H3,(H,16,18). The molecule has 0 aromatic heterocycles. The van der Waals surface area contributed by atoms with Gasteiger partial charge in [0.2, 0.25) is 15.9 Å². The molecule has 1 rings (SSSR count). The number of carbonyl (C=O) groups is 2. The van der Waals surface area contributed by atoms with Crippen molar-refractivity contribution in [1.82, 2.24) is 4.31 Å². The second kappa shape index (κ2) is 8.64. The lowest BCUT2D eigenvalue weighted by Gasteiger charge is -2.13. The Hall–Kier alpha value is -1.93. The van der Waals surface area contributed by atoms with Crippen LogP contribution in [0.2, 0.25) is 0 Å². The summed E-state index contributed by atoms with van der Waals surface area (Å²) in [5.41, 5.74) is 0.870. The summed E-state index contributed by atoms with van der Waals surface area (Å²) >= 11 is 0. The average Bonchev–Trinajstić information content (AvgIpc) is 2.47. The zero-order valence-corrected chi connectivity index (χ0v) is 14.4. The summed E-state index contributed by atoms with van der Waals surface area (Å²) in [6.45, 7) is 2.11. The molecule has 0 saturated carbocycles. The molecule has 0 fully saturated rings. The van der Waals surface area contributed by atoms with Crippen LogP contribution in [0.1, 0.15) is 30.1 Å². The van der Waals surface area contributed by atoms with Crippen molar-refractivity contribution in [2.75, 3.05) is 31.8 Å². The van der Waals surface area contributed by atoms with E-state index in [-0.39, 0.29) is 6.54 Å². The summed E-state index contributed by atoms with van der Waals surface area (Å²) in [4.78, 5) is 23.5. The van der Waals surface area contributed by atoms with Crippen LogP contribution < -0.4 is 5.32 Å². The van der Waals surface area contributed by atoms with Crippen LogP contribution in [0.5, 0.6) is 0 Å². The second-order valence-corrected chi connectivity index (χ2v) is 7.22. The predicted octanol–water partition coefficient (Wildman–Crippen LogP) is 1.47. The van der Waals surface area contributed by atoms with Crippen LogP contribution in [-0.2, 0) is 19.6 Å². The van der Waals surface area contributed by atoms with E-state index in [0.29, 0.717) is 17.9 Å². The Kier molecular flexibility index (Phi) is 7.18. The molecule has 0 radical (unpaired) electrons. The van der Waals surface area contributed by atoms with Crippen molar-refractivity contribution in [3.63, 3.8) is 0 Å². The molecule has 0 saturated heterocycles. The maximum Gasteiger partial charge on any atom is 0.338 e. The van der Waals surface area contributed by atoms with Crippen LogP contribution in [0.3, 0.4) is 0 Å². The molecule has 1 amide bonds. The second-order valence-electron chi connectivity index (χ2n) is 5.13. The van der Waals surface area contributed by atoms with Gasteiger partial charge in [0, 0.05) is 12.7 Å². The number of sulfonamides is 1. The molecule has 1 aromatic rings. The minimum Gasteiger partial charge on any atom is -0.462 e. The van der Waals surface area contributed by atoms with Gasteiger partial charge < -0.3 is 10.1 Å². The summed E-state index contributed by atoms with van der Waals surface area (Å²) in [6, 6.07) is 6.22. The Bertz CT molecular complexity index is 640. The lowest BCUT2D eigenvalue weighted by Crippen LogP contribution is -2.34. The molecule has 7 nitrogen and oxygen atoms in total. The third-order valence-corrected chi connectivity index (χ3v) is 4.33. The number of amides is 1. The fourth-order valence-electron chi connectivity index (χ4n) is 1.60. The number of benzene rings is 1. The van der Waals surface area contributed by atoms with E-state index >= 15 is 0 Å². The minimum atomic E-state index is -3.41. The molecule has 23 heavy (non-hydrogen) atoms. The molecule has 8 heteroatoms. The lowest BCUT2D eigenvalue weighted by molar-refractivity contribution is -0.116. The number of unbranched alkanes of at least 4 members (excludes halogenated alkanes) is 1. The highest BCUT2D eigenvalue weighted by atomic mass is 32.2. The fraction of sp³-hybridized carbons (Fsp3) is 0.467. The van der Waals surface area contributed by atoms with Crippen LogP contribution in [-0.4, -0.2) is 51.1 Å². The monoisotopic (exact) mass is 342 g/mol. The molecule has 0 aliphatic carbocycles. The van der Waals surface area contributed by atoms with E-state index in [1.807, 2.05) is 6.92 Å². The number of nitrogens with zero attached hydrogens (tertiary/aromatic N) is 1. The number of anilines is 1. The molecule has 0 atom stereocenters. The zero-order valence-electron chi connectivity index (χ0n) is 13.5. The van der Waals surface area contributed by atoms with E-state index in [2.05, 4.69) is 5.32 Å². The first kappa shape index (κ1) is 19.1. The van der Waals surface area contributed by atoms with E-state index in [1.54, 1.807) is 24.3 Å². The third-order valence-electron chi connectivity index (χ3n) is 3.07. The van der Waals surface area contributed by atoms with Crippen LogP contribution in [0.4, 0.5) is 5.69 Å². The number of esters is 1. The number of ether oxygens (including phenoxy) is 1. The minimum absolute atomic E-state index is 0.278. The van der Waals surface area contributed by atoms with Crippen molar-refractivity contribution in [1.29, 1.82) is 0 Å². The summed E-state index contributed by atoms with van der Waals surface area (Å²) < 4.78 is 28.5. The zero-order chi connectivity index (χ0) is 17.5. The van der Waals surface area contributed by atoms with E-state index < -0.39 is 21.9 Å². The van der Waals surface area contributed by atoms with Gasteiger partial charge in [-0.1, -0.05) is 13.3 Å². The van der Waals surface area contributed by atoms with Gasteiger partial charge in [-0.05, 0) is 30.7 Å². The first-order valence-corrected chi connectivity index (χ1v) is 9.07. The van der Waals surface area contributed by atoms with E-state index in [4.69, 9.17) is 4.74 Å². The van der Waals surface area contributed by atoms with Gasteiger partial charge in [-0.3, -0.25) is 4.79 Å². The molecule has 0 heterocycles. The Labute approximate surface area is 136 Å². The smallest absolute Gasteiger partial charge is 0.338 e. The molecule has 0 aliphatic rings. The molecular weight excluding hydrogens is 320 g/mol. The summed E-state index contributed by atoms with van der Waals surface area (Å²) in [7, 11) is -2.08. The van der Waals surface area contributed by atoms with Crippen molar-refractivity contribution in [3.8, 4) is 0 Å². The number of rotatable bonds is 8. The van der Waals surface area contributed by atoms with Crippen LogP contribution in [0, 0.1) is 0 Å². The van der Waals surface area contributed by atoms with E-state index in [1.165, 1.54) is 7.05 Å². The summed E-state index contributed by atoms with van der Waals surface area (Å²) in [5.74, 6) is -0.871. The first-order chi connectivity index (χ1) is 10.7. The van der Waals surface area contributed by atoms with E-state index in [0.717, 1.165) is 23.4 Å². The largest absolute Gasteiger partial charge is 0.462 e. The number of hydrogen-bond donors (Lipinski definition) is 1. The average molecular weight is 342 g/mol. The number of likely N-dealkylation sites (N-methyl/N-ethyl adjacent to an activating group) is 1. The van der Waals surface area contributed by atoms with Gasteiger partial charge in [0.05, 0.1) is 25.0 Å². The van der Waals surface area contributed by atoms with Gasteiger partial charge in [-0.15, -0.1) is 0 Å². The maximum absolute atomic E-state index is 11.8. The molecule has 128 valence electrons. The normalized spacial score (nSPS) is 11.3. The predicted molar refractivity (Wildman–Crippen MR) is 87.7 cm³/mol. The molecule has 1 N–H and O–H groups in total. The quantitative estimate of drug-likeness (QED) is 0.570. The van der Waals surface area contributed by atoms with Crippen LogP contribution >= 0.6 is 0 Å². The number of hydrogen-bond acceptors (Lipinski definition) is 5. The molecular formula is C15H22N2O5S. The van der Waals surface area contributed by atoms with Crippen molar-refractivity contribution >= 4 is 27.6 Å². The first-order valence-electron chi connectivity index (χ1n) is 7.22. The SMILES string of the molecule is CCCCOC(=O)c1ccc(NC(=O)CN(C)S(C)(=O)=O)cc1. The van der Waals surface area contributed by atoms with E-state index in [9.17, 15) is 18.0 Å². The highest BCUT2D eigenvalue weighted by Gasteiger charge is 2.15. The van der Waals surface area contributed by atoms with Crippen molar-refractivity contribution in [2.45, 2.75) is 19.8 Å². The highest BCUT2D eigenvalue weighted by molar-refractivity contribution is 7.88. The molecule has 0 aliphatic heterocycles. The summed E-state index contributed by atoms with van der Waals surface area (Å²) in [5, 5.41) is 2.57. The summed E-state index contributed by atoms with van der Waals surface area (Å²) in [6.07, 6.45) is 2.78. The molecule has 0 unspecified atom stereocenters.